The van der Waals surface area contributed by atoms with Crippen molar-refractivity contribution >= 4 is 75.1 Å². The summed E-state index contributed by atoms with van der Waals surface area (Å²) < 4.78 is 6.86. The van der Waals surface area contributed by atoms with Crippen molar-refractivity contribution in [3.05, 3.63) is 99.1 Å². The third-order valence-corrected chi connectivity index (χ3v) is 11.8. The summed E-state index contributed by atoms with van der Waals surface area (Å²) in [6.45, 7) is 0.272. The van der Waals surface area contributed by atoms with Gasteiger partial charge in [-0.1, -0.05) is 48.0 Å². The first-order valence-electron chi connectivity index (χ1n) is 14.5. The molecule has 8 nitrogen and oxygen atoms in total. The number of likely N-dealkylation sites (tertiary alicyclic amines) is 1. The summed E-state index contributed by atoms with van der Waals surface area (Å²) in [6, 6.07) is 21.4. The van der Waals surface area contributed by atoms with Gasteiger partial charge in [-0.2, -0.15) is 0 Å². The summed E-state index contributed by atoms with van der Waals surface area (Å²) in [5, 5.41) is 11.4. The number of allylic oxidation sites excluding steroid dienone is 2. The van der Waals surface area contributed by atoms with E-state index in [1.807, 2.05) is 48.5 Å². The summed E-state index contributed by atoms with van der Waals surface area (Å²) in [4.78, 5) is 53.5. The topological polar surface area (TPSA) is 104 Å². The Morgan fingerprint density at radius 3 is 2.33 bits per heavy atom. The molecule has 1 N–H and O–H groups in total. The molecular weight excluding hydrogens is 730 g/mol. The van der Waals surface area contributed by atoms with Gasteiger partial charge < -0.3 is 9.84 Å². The number of aromatic hydroxyl groups is 1. The van der Waals surface area contributed by atoms with Crippen LogP contribution in [0.1, 0.15) is 29.9 Å². The van der Waals surface area contributed by atoms with Gasteiger partial charge in [0, 0.05) is 28.2 Å². The molecule has 11 heteroatoms. The van der Waals surface area contributed by atoms with Crippen LogP contribution in [0.25, 0.3) is 0 Å². The van der Waals surface area contributed by atoms with Crippen LogP contribution in [-0.4, -0.2) is 50.4 Å². The standard InChI is InChI=1S/C34H27Cl2IN2O6/c1-38-31(43)33(35)16-25-22(13-14-24-27(25)30(42)39(29(24)41)20-9-7-19(37)8-10-20)28(34(33,36)32(38)44)23-12-11-21(15-26(23)40)45-17-18-5-3-2-4-6-18/h2-13,15,24-25,27-28,40H,14,16-17H2,1H3. The Morgan fingerprint density at radius 1 is 0.933 bits per heavy atom. The zero-order chi connectivity index (χ0) is 31.8. The second-order valence-corrected chi connectivity index (χ2v) is 14.5. The van der Waals surface area contributed by atoms with Crippen LogP contribution in [0.4, 0.5) is 5.69 Å². The number of ether oxygens (including phenoxy) is 1. The van der Waals surface area contributed by atoms with E-state index >= 15 is 0 Å². The number of carbonyl (C=O) groups excluding carboxylic acids is 4. The molecule has 4 aliphatic rings. The van der Waals surface area contributed by atoms with Crippen molar-refractivity contribution in [2.24, 2.45) is 17.8 Å². The van der Waals surface area contributed by atoms with Crippen molar-refractivity contribution in [1.82, 2.24) is 4.90 Å². The second kappa shape index (κ2) is 10.8. The first kappa shape index (κ1) is 30.3. The SMILES string of the molecule is CN1C(=O)C2(Cl)CC3C(=CCC4C(=O)N(c5ccc(I)cc5)C(=O)C43)C(c3ccc(OCc4ccccc4)cc3O)C2(Cl)C1=O. The Bertz CT molecular complexity index is 1800. The quantitative estimate of drug-likeness (QED) is 0.154. The van der Waals surface area contributed by atoms with Gasteiger partial charge in [0.15, 0.2) is 9.75 Å². The highest BCUT2D eigenvalue weighted by molar-refractivity contribution is 14.1. The third-order valence-electron chi connectivity index (χ3n) is 9.66. The summed E-state index contributed by atoms with van der Waals surface area (Å²) in [5.74, 6) is -5.10. The van der Waals surface area contributed by atoms with E-state index in [2.05, 4.69) is 22.6 Å². The van der Waals surface area contributed by atoms with Crippen LogP contribution < -0.4 is 9.64 Å². The number of hydrogen-bond donors (Lipinski definition) is 1. The van der Waals surface area contributed by atoms with Crippen LogP contribution in [0, 0.1) is 21.3 Å². The maximum absolute atomic E-state index is 14.1. The number of phenolic OH excluding ortho intramolecular Hbond substituents is 1. The van der Waals surface area contributed by atoms with Gasteiger partial charge in [0.05, 0.1) is 17.5 Å². The smallest absolute Gasteiger partial charge is 0.253 e. The molecule has 0 spiro atoms. The molecule has 45 heavy (non-hydrogen) atoms. The Labute approximate surface area is 283 Å². The van der Waals surface area contributed by atoms with E-state index in [1.54, 1.807) is 24.3 Å². The van der Waals surface area contributed by atoms with Crippen molar-refractivity contribution < 1.29 is 29.0 Å². The van der Waals surface area contributed by atoms with E-state index in [-0.39, 0.29) is 42.6 Å². The molecular formula is C34H27Cl2IN2O6. The fourth-order valence-electron chi connectivity index (χ4n) is 7.53. The van der Waals surface area contributed by atoms with E-state index in [1.165, 1.54) is 18.0 Å². The number of nitrogens with zero attached hydrogens (tertiary/aromatic N) is 2. The van der Waals surface area contributed by atoms with Gasteiger partial charge in [-0.15, -0.1) is 23.2 Å². The number of benzene rings is 3. The lowest BCUT2D eigenvalue weighted by Crippen LogP contribution is -2.60. The number of imide groups is 2. The maximum Gasteiger partial charge on any atom is 0.253 e. The van der Waals surface area contributed by atoms with Crippen LogP contribution in [0.2, 0.25) is 0 Å². The molecule has 0 aromatic heterocycles. The minimum Gasteiger partial charge on any atom is -0.508 e. The molecule has 6 unspecified atom stereocenters. The van der Waals surface area contributed by atoms with Crippen molar-refractivity contribution in [3.63, 3.8) is 0 Å². The van der Waals surface area contributed by atoms with Gasteiger partial charge in [-0.05, 0) is 77.2 Å². The molecule has 3 fully saturated rings. The zero-order valence-electron chi connectivity index (χ0n) is 24.0. The lowest BCUT2D eigenvalue weighted by atomic mass is 9.56. The number of alkyl halides is 2. The fourth-order valence-corrected chi connectivity index (χ4v) is 8.90. The van der Waals surface area contributed by atoms with Gasteiger partial charge in [0.2, 0.25) is 11.8 Å². The number of carbonyl (C=O) groups is 4. The highest BCUT2D eigenvalue weighted by Gasteiger charge is 2.76. The molecule has 2 heterocycles. The molecule has 3 aromatic rings. The number of fused-ring (bicyclic) bond motifs is 4. The molecule has 0 radical (unpaired) electrons. The van der Waals surface area contributed by atoms with Crippen molar-refractivity contribution in [1.29, 1.82) is 0 Å². The summed E-state index contributed by atoms with van der Waals surface area (Å²) in [7, 11) is 1.33. The van der Waals surface area contributed by atoms with Crippen LogP contribution in [0.15, 0.2) is 84.4 Å². The number of rotatable bonds is 5. The molecule has 230 valence electrons. The molecule has 0 bridgehead atoms. The van der Waals surface area contributed by atoms with Gasteiger partial charge in [-0.25, -0.2) is 0 Å². The van der Waals surface area contributed by atoms with Crippen LogP contribution in [0.5, 0.6) is 11.5 Å². The Hall–Kier alpha value is -3.41. The van der Waals surface area contributed by atoms with E-state index < -0.39 is 45.2 Å². The number of anilines is 1. The number of amides is 4. The van der Waals surface area contributed by atoms with Crippen LogP contribution >= 0.6 is 45.8 Å². The Kier molecular flexibility index (Phi) is 7.29. The maximum atomic E-state index is 14.1. The minimum atomic E-state index is -1.99. The zero-order valence-corrected chi connectivity index (χ0v) is 27.6. The molecule has 2 aliphatic heterocycles. The highest BCUT2D eigenvalue weighted by Crippen LogP contribution is 2.66. The molecule has 3 aromatic carbocycles. The molecule has 4 amide bonds. The van der Waals surface area contributed by atoms with E-state index in [0.717, 1.165) is 14.0 Å². The van der Waals surface area contributed by atoms with E-state index in [4.69, 9.17) is 27.9 Å². The van der Waals surface area contributed by atoms with Crippen LogP contribution in [0.3, 0.4) is 0 Å². The summed E-state index contributed by atoms with van der Waals surface area (Å²) in [6.07, 6.45) is 1.96. The number of hydrogen-bond acceptors (Lipinski definition) is 6. The first-order valence-corrected chi connectivity index (χ1v) is 16.3. The second-order valence-electron chi connectivity index (χ2n) is 12.0. The number of halogens is 3. The summed E-state index contributed by atoms with van der Waals surface area (Å²) in [5.41, 5.74) is 2.30. The average molecular weight is 757 g/mol. The van der Waals surface area contributed by atoms with Crippen molar-refractivity contribution in [3.8, 4) is 11.5 Å². The van der Waals surface area contributed by atoms with Gasteiger partial charge in [0.25, 0.3) is 11.8 Å². The first-order chi connectivity index (χ1) is 21.5. The molecule has 2 saturated heterocycles. The lowest BCUT2D eigenvalue weighted by Gasteiger charge is -2.50. The van der Waals surface area contributed by atoms with E-state index in [0.29, 0.717) is 17.0 Å². The van der Waals surface area contributed by atoms with Crippen molar-refractivity contribution in [2.75, 3.05) is 11.9 Å². The Morgan fingerprint density at radius 2 is 1.64 bits per heavy atom. The number of phenols is 1. The Balaban J connectivity index is 1.31. The normalized spacial score (nSPS) is 30.6. The predicted molar refractivity (Wildman–Crippen MR) is 176 cm³/mol. The average Bonchev–Trinajstić information content (AvgIpc) is 3.36. The fraction of sp³-hybridized carbons (Fsp3) is 0.294. The van der Waals surface area contributed by atoms with Gasteiger partial charge in [0.1, 0.15) is 18.1 Å². The largest absolute Gasteiger partial charge is 0.508 e. The molecule has 1 saturated carbocycles. The molecule has 7 rings (SSSR count). The van der Waals surface area contributed by atoms with Gasteiger partial charge >= 0.3 is 0 Å². The monoisotopic (exact) mass is 756 g/mol. The predicted octanol–water partition coefficient (Wildman–Crippen LogP) is 5.77. The van der Waals surface area contributed by atoms with Crippen molar-refractivity contribution in [2.45, 2.75) is 35.1 Å². The van der Waals surface area contributed by atoms with Crippen LogP contribution in [-0.2, 0) is 25.8 Å². The highest BCUT2D eigenvalue weighted by atomic mass is 127. The lowest BCUT2D eigenvalue weighted by molar-refractivity contribution is -0.138. The molecule has 2 aliphatic carbocycles. The van der Waals surface area contributed by atoms with Gasteiger partial charge in [-0.3, -0.25) is 29.0 Å². The molecule has 6 atom stereocenters. The van der Waals surface area contributed by atoms with E-state index in [9.17, 15) is 24.3 Å². The minimum absolute atomic E-state index is 0.116. The summed E-state index contributed by atoms with van der Waals surface area (Å²) >= 11 is 16.6. The third kappa shape index (κ3) is 4.37.